The number of carbonyl (C=O) groups excluding carboxylic acids is 1. The number of hydrogen-bond acceptors (Lipinski definition) is 2. The minimum atomic E-state index is -0.0788. The molecule has 1 fully saturated rings. The molecule has 98 valence electrons. The predicted octanol–water partition coefficient (Wildman–Crippen LogP) is 2.83. The first-order valence-corrected chi connectivity index (χ1v) is 7.21. The fraction of sp³-hybridized carbons (Fsp3) is 0.462. The second-order valence-electron chi connectivity index (χ2n) is 4.67. The first-order chi connectivity index (χ1) is 8.58. The van der Waals surface area contributed by atoms with Crippen LogP contribution in [-0.2, 0) is 0 Å². The zero-order valence-corrected chi connectivity index (χ0v) is 12.5. The summed E-state index contributed by atoms with van der Waals surface area (Å²) in [6.45, 7) is 4.01. The molecule has 1 aromatic rings. The summed E-state index contributed by atoms with van der Waals surface area (Å²) in [7, 11) is 0. The zero-order valence-electron chi connectivity index (χ0n) is 10.2. The number of benzene rings is 1. The SMILES string of the molecule is CC1CCNCC1NC(=O)c1cc(Cl)ccc1Br. The fourth-order valence-electron chi connectivity index (χ4n) is 2.10. The van der Waals surface area contributed by atoms with Gasteiger partial charge in [-0.1, -0.05) is 18.5 Å². The van der Waals surface area contributed by atoms with Gasteiger partial charge in [-0.05, 0) is 53.0 Å². The van der Waals surface area contributed by atoms with Gasteiger partial charge in [0.25, 0.3) is 5.91 Å². The third-order valence-corrected chi connectivity index (χ3v) is 4.24. The van der Waals surface area contributed by atoms with Crippen LogP contribution in [0.2, 0.25) is 5.02 Å². The highest BCUT2D eigenvalue weighted by Crippen LogP contribution is 2.22. The summed E-state index contributed by atoms with van der Waals surface area (Å²) in [5, 5.41) is 6.93. The summed E-state index contributed by atoms with van der Waals surface area (Å²) in [5.74, 6) is 0.415. The molecular formula is C13H16BrClN2O. The van der Waals surface area contributed by atoms with Crippen LogP contribution in [-0.4, -0.2) is 25.0 Å². The molecule has 0 bridgehead atoms. The summed E-state index contributed by atoms with van der Waals surface area (Å²) >= 11 is 9.30. The molecular weight excluding hydrogens is 316 g/mol. The predicted molar refractivity (Wildman–Crippen MR) is 77.1 cm³/mol. The maximum Gasteiger partial charge on any atom is 0.252 e. The average molecular weight is 332 g/mol. The second kappa shape index (κ2) is 6.04. The van der Waals surface area contributed by atoms with E-state index in [-0.39, 0.29) is 11.9 Å². The van der Waals surface area contributed by atoms with E-state index in [4.69, 9.17) is 11.6 Å². The zero-order chi connectivity index (χ0) is 13.1. The maximum atomic E-state index is 12.2. The molecule has 0 aromatic heterocycles. The molecule has 0 aliphatic carbocycles. The van der Waals surface area contributed by atoms with E-state index in [0.29, 0.717) is 16.5 Å². The van der Waals surface area contributed by atoms with E-state index < -0.39 is 0 Å². The van der Waals surface area contributed by atoms with Crippen molar-refractivity contribution in [2.24, 2.45) is 5.92 Å². The van der Waals surface area contributed by atoms with Crippen molar-refractivity contribution in [2.75, 3.05) is 13.1 Å². The minimum absolute atomic E-state index is 0.0788. The molecule has 1 aromatic carbocycles. The highest BCUT2D eigenvalue weighted by atomic mass is 79.9. The number of piperidine rings is 1. The van der Waals surface area contributed by atoms with Crippen LogP contribution in [0.5, 0.6) is 0 Å². The molecule has 1 aliphatic heterocycles. The van der Waals surface area contributed by atoms with Crippen molar-refractivity contribution in [2.45, 2.75) is 19.4 Å². The van der Waals surface area contributed by atoms with Crippen LogP contribution < -0.4 is 10.6 Å². The van der Waals surface area contributed by atoms with E-state index in [1.54, 1.807) is 18.2 Å². The Morgan fingerprint density at radius 2 is 2.33 bits per heavy atom. The van der Waals surface area contributed by atoms with Gasteiger partial charge in [0.05, 0.1) is 5.56 Å². The topological polar surface area (TPSA) is 41.1 Å². The van der Waals surface area contributed by atoms with Gasteiger partial charge in [-0.3, -0.25) is 4.79 Å². The highest BCUT2D eigenvalue weighted by Gasteiger charge is 2.23. The molecule has 5 heteroatoms. The van der Waals surface area contributed by atoms with Gasteiger partial charge >= 0.3 is 0 Å². The lowest BCUT2D eigenvalue weighted by Gasteiger charge is -2.30. The average Bonchev–Trinajstić information content (AvgIpc) is 2.35. The maximum absolute atomic E-state index is 12.2. The fourth-order valence-corrected chi connectivity index (χ4v) is 2.70. The Morgan fingerprint density at radius 1 is 1.56 bits per heavy atom. The number of halogens is 2. The molecule has 0 radical (unpaired) electrons. The summed E-state index contributed by atoms with van der Waals surface area (Å²) in [6.07, 6.45) is 1.08. The van der Waals surface area contributed by atoms with Crippen molar-refractivity contribution in [3.63, 3.8) is 0 Å². The molecule has 2 unspecified atom stereocenters. The van der Waals surface area contributed by atoms with Crippen LogP contribution in [0.1, 0.15) is 23.7 Å². The second-order valence-corrected chi connectivity index (χ2v) is 5.96. The smallest absolute Gasteiger partial charge is 0.252 e. The number of nitrogens with one attached hydrogen (secondary N) is 2. The van der Waals surface area contributed by atoms with E-state index in [1.807, 2.05) is 0 Å². The summed E-state index contributed by atoms with van der Waals surface area (Å²) < 4.78 is 0.765. The van der Waals surface area contributed by atoms with E-state index >= 15 is 0 Å². The highest BCUT2D eigenvalue weighted by molar-refractivity contribution is 9.10. The first kappa shape index (κ1) is 13.8. The normalized spacial score (nSPS) is 23.7. The quantitative estimate of drug-likeness (QED) is 0.875. The van der Waals surface area contributed by atoms with Crippen LogP contribution in [0, 0.1) is 5.92 Å². The molecule has 0 saturated carbocycles. The van der Waals surface area contributed by atoms with Crippen molar-refractivity contribution < 1.29 is 4.79 Å². The van der Waals surface area contributed by atoms with Gasteiger partial charge in [-0.2, -0.15) is 0 Å². The van der Waals surface area contributed by atoms with E-state index in [2.05, 4.69) is 33.5 Å². The lowest BCUT2D eigenvalue weighted by molar-refractivity contribution is 0.0914. The van der Waals surface area contributed by atoms with Gasteiger partial charge in [0.1, 0.15) is 0 Å². The molecule has 1 amide bonds. The Hall–Kier alpha value is -0.580. The van der Waals surface area contributed by atoms with Crippen molar-refractivity contribution in [3.8, 4) is 0 Å². The summed E-state index contributed by atoms with van der Waals surface area (Å²) in [4.78, 5) is 12.2. The van der Waals surface area contributed by atoms with Gasteiger partial charge in [-0.25, -0.2) is 0 Å². The van der Waals surface area contributed by atoms with Crippen molar-refractivity contribution >= 4 is 33.4 Å². The Morgan fingerprint density at radius 3 is 3.06 bits per heavy atom. The Bertz CT molecular complexity index is 453. The van der Waals surface area contributed by atoms with Crippen LogP contribution in [0.3, 0.4) is 0 Å². The van der Waals surface area contributed by atoms with Crippen LogP contribution in [0.4, 0.5) is 0 Å². The van der Waals surface area contributed by atoms with Crippen molar-refractivity contribution in [3.05, 3.63) is 33.3 Å². The molecule has 2 N–H and O–H groups in total. The van der Waals surface area contributed by atoms with Gasteiger partial charge in [0, 0.05) is 22.1 Å². The van der Waals surface area contributed by atoms with Crippen molar-refractivity contribution in [1.82, 2.24) is 10.6 Å². The van der Waals surface area contributed by atoms with E-state index in [1.165, 1.54) is 0 Å². The van der Waals surface area contributed by atoms with Crippen LogP contribution in [0.25, 0.3) is 0 Å². The van der Waals surface area contributed by atoms with E-state index in [0.717, 1.165) is 24.0 Å². The lowest BCUT2D eigenvalue weighted by atomic mass is 9.94. The van der Waals surface area contributed by atoms with Gasteiger partial charge < -0.3 is 10.6 Å². The van der Waals surface area contributed by atoms with Gasteiger partial charge in [0.2, 0.25) is 0 Å². The largest absolute Gasteiger partial charge is 0.348 e. The summed E-state index contributed by atoms with van der Waals surface area (Å²) in [6, 6.07) is 5.41. The lowest BCUT2D eigenvalue weighted by Crippen LogP contribution is -2.50. The molecule has 1 heterocycles. The monoisotopic (exact) mass is 330 g/mol. The molecule has 0 spiro atoms. The van der Waals surface area contributed by atoms with Crippen molar-refractivity contribution in [1.29, 1.82) is 0 Å². The standard InChI is InChI=1S/C13H16BrClN2O/c1-8-4-5-16-7-12(8)17-13(18)10-6-9(15)2-3-11(10)14/h2-3,6,8,12,16H,4-5,7H2,1H3,(H,17,18). The third-order valence-electron chi connectivity index (χ3n) is 3.32. The van der Waals surface area contributed by atoms with Crippen LogP contribution >= 0.6 is 27.5 Å². The minimum Gasteiger partial charge on any atom is -0.348 e. The Labute approximate surface area is 120 Å². The van der Waals surface area contributed by atoms with Gasteiger partial charge in [-0.15, -0.1) is 0 Å². The molecule has 2 rings (SSSR count). The number of amides is 1. The third kappa shape index (κ3) is 3.25. The summed E-state index contributed by atoms with van der Waals surface area (Å²) in [5.41, 5.74) is 0.584. The first-order valence-electron chi connectivity index (χ1n) is 6.04. The van der Waals surface area contributed by atoms with E-state index in [9.17, 15) is 4.79 Å². The number of rotatable bonds is 2. The number of hydrogen-bond donors (Lipinski definition) is 2. The van der Waals surface area contributed by atoms with Crippen LogP contribution in [0.15, 0.2) is 22.7 Å². The number of carbonyl (C=O) groups is 1. The molecule has 3 nitrogen and oxygen atoms in total. The molecule has 18 heavy (non-hydrogen) atoms. The molecule has 1 aliphatic rings. The molecule has 1 saturated heterocycles. The Kier molecular flexibility index (Phi) is 4.65. The Balaban J connectivity index is 2.09. The van der Waals surface area contributed by atoms with Gasteiger partial charge in [0.15, 0.2) is 0 Å². The molecule has 2 atom stereocenters.